The molecule has 0 saturated heterocycles. The Labute approximate surface area is 93.4 Å². The average molecular weight is 408 g/mol. The number of imidazole rings is 1. The van der Waals surface area contributed by atoms with Crippen LogP contribution in [-0.2, 0) is 29.3 Å². The molecule has 2 nitrogen and oxygen atoms in total. The molecule has 0 aliphatic carbocycles. The second-order valence-electron chi connectivity index (χ2n) is 1.93. The summed E-state index contributed by atoms with van der Waals surface area (Å²) in [6.45, 7) is 0. The predicted octanol–water partition coefficient (Wildman–Crippen LogP) is 2.66. The molecule has 0 aliphatic heterocycles. The van der Waals surface area contributed by atoms with Crippen LogP contribution in [0, 0.1) is 0 Å². The second-order valence-corrected chi connectivity index (χ2v) is 6.08. The van der Waals surface area contributed by atoms with Gasteiger partial charge in [-0.2, -0.15) is 11.8 Å². The third kappa shape index (κ3) is 5.47. The summed E-state index contributed by atoms with van der Waals surface area (Å²) in [5.41, 5.74) is 0. The quantitative estimate of drug-likeness (QED) is 0.749. The number of hydrogen-bond acceptors (Lipinski definition) is 2. The fourth-order valence-corrected chi connectivity index (χ4v) is 1.20. The van der Waals surface area contributed by atoms with Crippen molar-refractivity contribution in [3.8, 4) is 0 Å². The van der Waals surface area contributed by atoms with Crippen molar-refractivity contribution in [3.05, 3.63) is 18.2 Å². The van der Waals surface area contributed by atoms with E-state index in [9.17, 15) is 0 Å². The van der Waals surface area contributed by atoms with E-state index < -0.39 is 16.5 Å². The minimum atomic E-state index is -0.472. The van der Waals surface area contributed by atoms with E-state index in [0.717, 1.165) is 11.6 Å². The first-order valence-electron chi connectivity index (χ1n) is 3.03. The standard InChI is InChI=1S/C6H10N2S.2ClH.Pt/c1-8-4-3-7-6(8)5-9-2;;;/h3-4H,5H2,1-2H3;2*1H;/q;;;+2/p-2. The summed E-state index contributed by atoms with van der Waals surface area (Å²) in [5, 5.41) is 0. The first kappa shape index (κ1) is 12.8. The molecule has 1 aromatic heterocycles. The molecule has 0 aromatic carbocycles. The van der Waals surface area contributed by atoms with Crippen LogP contribution < -0.4 is 0 Å². The molecule has 0 aliphatic rings. The van der Waals surface area contributed by atoms with E-state index in [4.69, 9.17) is 18.8 Å². The molecule has 0 saturated carbocycles. The van der Waals surface area contributed by atoms with Crippen LogP contribution >= 0.6 is 30.6 Å². The summed E-state index contributed by atoms with van der Waals surface area (Å²) in [4.78, 5) is 4.15. The van der Waals surface area contributed by atoms with E-state index >= 15 is 0 Å². The summed E-state index contributed by atoms with van der Waals surface area (Å²) >= 11 is 1.32. The molecule has 0 unspecified atom stereocenters. The average Bonchev–Trinajstić information content (AvgIpc) is 2.39. The molecule has 0 fully saturated rings. The molecule has 6 heteroatoms. The maximum atomic E-state index is 4.88. The van der Waals surface area contributed by atoms with Gasteiger partial charge in [0.15, 0.2) is 0 Å². The Morgan fingerprint density at radius 3 is 2.58 bits per heavy atom. The van der Waals surface area contributed by atoms with Gasteiger partial charge in [-0.3, -0.25) is 0 Å². The fourth-order valence-electron chi connectivity index (χ4n) is 0.665. The van der Waals surface area contributed by atoms with Crippen molar-refractivity contribution >= 4 is 30.6 Å². The zero-order chi connectivity index (χ0) is 9.40. The predicted molar refractivity (Wildman–Crippen MR) is 52.1 cm³/mol. The van der Waals surface area contributed by atoms with Crippen LogP contribution in [0.4, 0.5) is 0 Å². The number of nitrogens with zero attached hydrogens (tertiary/aromatic N) is 2. The summed E-state index contributed by atoms with van der Waals surface area (Å²) in [7, 11) is 11.8. The van der Waals surface area contributed by atoms with Gasteiger partial charge in [0.2, 0.25) is 0 Å². The van der Waals surface area contributed by atoms with E-state index in [1.807, 2.05) is 24.0 Å². The van der Waals surface area contributed by atoms with E-state index in [2.05, 4.69) is 11.2 Å². The Kier molecular flexibility index (Phi) is 9.01. The number of thioether (sulfide) groups is 1. The van der Waals surface area contributed by atoms with Crippen molar-refractivity contribution < 1.29 is 16.5 Å². The zero-order valence-corrected chi connectivity index (χ0v) is 11.3. The summed E-state index contributed by atoms with van der Waals surface area (Å²) in [5.74, 6) is 2.14. The molecule has 0 radical (unpaired) electrons. The topological polar surface area (TPSA) is 17.8 Å². The molecule has 1 heterocycles. The van der Waals surface area contributed by atoms with Crippen molar-refractivity contribution in [3.63, 3.8) is 0 Å². The van der Waals surface area contributed by atoms with Gasteiger partial charge in [0, 0.05) is 19.4 Å². The van der Waals surface area contributed by atoms with Gasteiger partial charge in [0.25, 0.3) is 0 Å². The van der Waals surface area contributed by atoms with Gasteiger partial charge >= 0.3 is 35.3 Å². The Bertz CT molecular complexity index is 207. The Hall–Kier alpha value is 0.828. The summed E-state index contributed by atoms with van der Waals surface area (Å²) < 4.78 is 2.04. The minimum absolute atomic E-state index is 0.472. The van der Waals surface area contributed by atoms with E-state index in [1.165, 1.54) is 0 Å². The number of aryl methyl sites for hydroxylation is 1. The van der Waals surface area contributed by atoms with E-state index in [0.29, 0.717) is 0 Å². The number of rotatable bonds is 2. The van der Waals surface area contributed by atoms with E-state index in [-0.39, 0.29) is 0 Å². The molecule has 12 heavy (non-hydrogen) atoms. The number of hydrogen-bond donors (Lipinski definition) is 0. The first-order valence-corrected chi connectivity index (χ1v) is 10.1. The van der Waals surface area contributed by atoms with Crippen LogP contribution in [0.3, 0.4) is 0 Å². The third-order valence-corrected chi connectivity index (χ3v) is 1.74. The Morgan fingerprint density at radius 1 is 1.67 bits per heavy atom. The SMILES string of the molecule is CSCc1nccn1C.[Cl][Pt][Cl]. The van der Waals surface area contributed by atoms with Crippen molar-refractivity contribution in [1.29, 1.82) is 0 Å². The van der Waals surface area contributed by atoms with Crippen LogP contribution in [0.2, 0.25) is 0 Å². The van der Waals surface area contributed by atoms with Crippen molar-refractivity contribution in [2.24, 2.45) is 7.05 Å². The van der Waals surface area contributed by atoms with Gasteiger partial charge in [-0.25, -0.2) is 4.98 Å². The maximum absolute atomic E-state index is 4.88. The number of halogens is 2. The van der Waals surface area contributed by atoms with Crippen LogP contribution in [0.15, 0.2) is 12.4 Å². The fraction of sp³-hybridized carbons (Fsp3) is 0.500. The summed E-state index contributed by atoms with van der Waals surface area (Å²) in [6.07, 6.45) is 5.87. The van der Waals surface area contributed by atoms with E-state index in [1.54, 1.807) is 11.8 Å². The molecule has 1 aromatic rings. The zero-order valence-electron chi connectivity index (χ0n) is 6.74. The van der Waals surface area contributed by atoms with Gasteiger partial charge in [-0.05, 0) is 6.26 Å². The van der Waals surface area contributed by atoms with Gasteiger partial charge in [0.05, 0.1) is 5.75 Å². The molecule has 0 bridgehead atoms. The molecule has 1 rings (SSSR count). The van der Waals surface area contributed by atoms with Gasteiger partial charge < -0.3 is 4.57 Å². The van der Waals surface area contributed by atoms with Gasteiger partial charge in [0.1, 0.15) is 5.82 Å². The molecular formula is C6H10Cl2N2PtS. The Balaban J connectivity index is 0.000000354. The van der Waals surface area contributed by atoms with Crippen LogP contribution in [0.25, 0.3) is 0 Å². The van der Waals surface area contributed by atoms with Crippen molar-refractivity contribution in [2.45, 2.75) is 5.75 Å². The molecule has 0 amide bonds. The Morgan fingerprint density at radius 2 is 2.25 bits per heavy atom. The monoisotopic (exact) mass is 407 g/mol. The molecular weight excluding hydrogens is 398 g/mol. The molecule has 0 spiro atoms. The number of aromatic nitrogens is 2. The van der Waals surface area contributed by atoms with Gasteiger partial charge in [-0.1, -0.05) is 0 Å². The normalized spacial score (nSPS) is 9.33. The second kappa shape index (κ2) is 8.43. The third-order valence-electron chi connectivity index (χ3n) is 1.19. The summed E-state index contributed by atoms with van der Waals surface area (Å²) in [6, 6.07) is 0. The van der Waals surface area contributed by atoms with Crippen molar-refractivity contribution in [2.75, 3.05) is 6.26 Å². The van der Waals surface area contributed by atoms with Crippen LogP contribution in [0.1, 0.15) is 5.82 Å². The van der Waals surface area contributed by atoms with Gasteiger partial charge in [-0.15, -0.1) is 0 Å². The molecule has 0 atom stereocenters. The van der Waals surface area contributed by atoms with Crippen LogP contribution in [-0.4, -0.2) is 15.8 Å². The first-order chi connectivity index (χ1) is 5.76. The van der Waals surface area contributed by atoms with Crippen molar-refractivity contribution in [1.82, 2.24) is 9.55 Å². The van der Waals surface area contributed by atoms with Crippen LogP contribution in [0.5, 0.6) is 0 Å². The molecule has 74 valence electrons. The molecule has 0 N–H and O–H groups in total.